The molecule has 1 amide bonds. The summed E-state index contributed by atoms with van der Waals surface area (Å²) in [5.74, 6) is 0. The SMILES string of the molecule is CC(C)(I)OC(=O)N[C@@H]1CC[C@H](O)[C@@H](SC(c2ccccc2)(c2ccccc2)c2ccccc2)C1. The molecule has 1 aliphatic carbocycles. The number of nitrogens with one attached hydrogen (secondary N) is 1. The van der Waals surface area contributed by atoms with Crippen molar-refractivity contribution in [1.82, 2.24) is 5.32 Å². The number of alkyl carbamates (subject to hydrolysis) is 1. The van der Waals surface area contributed by atoms with Crippen molar-refractivity contribution >= 4 is 40.4 Å². The van der Waals surface area contributed by atoms with Crippen LogP contribution >= 0.6 is 34.4 Å². The van der Waals surface area contributed by atoms with Gasteiger partial charge in [0, 0.05) is 11.3 Å². The van der Waals surface area contributed by atoms with Crippen molar-refractivity contribution in [2.24, 2.45) is 0 Å². The lowest BCUT2D eigenvalue weighted by molar-refractivity contribution is 0.0913. The molecule has 0 radical (unpaired) electrons. The molecule has 0 saturated heterocycles. The molecule has 0 aliphatic heterocycles. The third-order valence-electron chi connectivity index (χ3n) is 6.28. The molecule has 3 aromatic carbocycles. The molecule has 0 heterocycles. The van der Waals surface area contributed by atoms with Crippen LogP contribution in [0.1, 0.15) is 49.8 Å². The van der Waals surface area contributed by atoms with Gasteiger partial charge in [0.05, 0.1) is 10.9 Å². The second-order valence-electron chi connectivity index (χ2n) is 9.41. The van der Waals surface area contributed by atoms with Crippen LogP contribution in [-0.4, -0.2) is 32.2 Å². The summed E-state index contributed by atoms with van der Waals surface area (Å²) in [5.41, 5.74) is 3.49. The lowest BCUT2D eigenvalue weighted by atomic mass is 9.84. The Balaban J connectivity index is 1.71. The number of halogens is 1. The quantitative estimate of drug-likeness (QED) is 0.176. The first kappa shape index (κ1) is 26.0. The fourth-order valence-corrected chi connectivity index (χ4v) is 6.83. The summed E-state index contributed by atoms with van der Waals surface area (Å²) < 4.78 is 4.39. The number of benzene rings is 3. The summed E-state index contributed by atoms with van der Waals surface area (Å²) >= 11 is 3.88. The summed E-state index contributed by atoms with van der Waals surface area (Å²) in [6.45, 7) is 3.70. The van der Waals surface area contributed by atoms with Gasteiger partial charge < -0.3 is 15.2 Å². The number of ether oxygens (including phenoxy) is 1. The van der Waals surface area contributed by atoms with Crippen LogP contribution in [0.3, 0.4) is 0 Å². The molecule has 0 spiro atoms. The molecule has 1 saturated carbocycles. The predicted molar refractivity (Wildman–Crippen MR) is 152 cm³/mol. The van der Waals surface area contributed by atoms with Crippen molar-refractivity contribution in [2.75, 3.05) is 0 Å². The number of alkyl halides is 1. The van der Waals surface area contributed by atoms with Gasteiger partial charge in [-0.15, -0.1) is 11.8 Å². The van der Waals surface area contributed by atoms with Crippen molar-refractivity contribution < 1.29 is 14.6 Å². The Morgan fingerprint density at radius 3 is 1.77 bits per heavy atom. The van der Waals surface area contributed by atoms with E-state index in [1.54, 1.807) is 11.8 Å². The van der Waals surface area contributed by atoms with E-state index in [0.29, 0.717) is 12.8 Å². The monoisotopic (exact) mass is 601 g/mol. The number of aliphatic hydroxyl groups excluding tert-OH is 1. The van der Waals surface area contributed by atoms with E-state index < -0.39 is 20.6 Å². The Labute approximate surface area is 226 Å². The Hall–Kier alpha value is -2.03. The fourth-order valence-electron chi connectivity index (χ4n) is 4.74. The number of thioether (sulfide) groups is 1. The van der Waals surface area contributed by atoms with Crippen molar-refractivity contribution in [3.8, 4) is 0 Å². The lowest BCUT2D eigenvalue weighted by Crippen LogP contribution is -2.46. The van der Waals surface area contributed by atoms with Gasteiger partial charge in [-0.1, -0.05) is 91.0 Å². The number of carbonyl (C=O) groups is 1. The van der Waals surface area contributed by atoms with E-state index in [2.05, 4.69) is 101 Å². The van der Waals surface area contributed by atoms with Crippen molar-refractivity contribution in [2.45, 2.75) is 58.9 Å². The van der Waals surface area contributed by atoms with Gasteiger partial charge in [0.25, 0.3) is 0 Å². The first-order valence-electron chi connectivity index (χ1n) is 12.0. The van der Waals surface area contributed by atoms with Crippen molar-refractivity contribution in [3.05, 3.63) is 108 Å². The van der Waals surface area contributed by atoms with Crippen LogP contribution < -0.4 is 5.32 Å². The number of hydrogen-bond donors (Lipinski definition) is 2. The van der Waals surface area contributed by atoms with E-state index in [4.69, 9.17) is 4.74 Å². The zero-order valence-electron chi connectivity index (χ0n) is 20.1. The molecule has 35 heavy (non-hydrogen) atoms. The van der Waals surface area contributed by atoms with E-state index >= 15 is 0 Å². The van der Waals surface area contributed by atoms with Gasteiger partial charge in [-0.3, -0.25) is 0 Å². The van der Waals surface area contributed by atoms with Crippen LogP contribution in [0.15, 0.2) is 91.0 Å². The average Bonchev–Trinajstić information content (AvgIpc) is 2.85. The van der Waals surface area contributed by atoms with Crippen LogP contribution in [0.5, 0.6) is 0 Å². The first-order valence-corrected chi connectivity index (χ1v) is 13.9. The molecule has 184 valence electrons. The Kier molecular flexibility index (Phi) is 8.45. The second-order valence-corrected chi connectivity index (χ2v) is 13.5. The highest BCUT2D eigenvalue weighted by molar-refractivity contribution is 14.1. The Morgan fingerprint density at radius 1 is 0.886 bits per heavy atom. The maximum atomic E-state index is 12.5. The molecule has 4 rings (SSSR count). The maximum absolute atomic E-state index is 12.5. The van der Waals surface area contributed by atoms with Crippen LogP contribution in [0.4, 0.5) is 4.79 Å². The highest BCUT2D eigenvalue weighted by Crippen LogP contribution is 2.52. The highest BCUT2D eigenvalue weighted by atomic mass is 127. The zero-order valence-corrected chi connectivity index (χ0v) is 23.0. The summed E-state index contributed by atoms with van der Waals surface area (Å²) in [4.78, 5) is 12.5. The molecule has 2 N–H and O–H groups in total. The fraction of sp³-hybridized carbons (Fsp3) is 0.345. The minimum absolute atomic E-state index is 0.0535. The molecule has 1 fully saturated rings. The van der Waals surface area contributed by atoms with Crippen LogP contribution in [0.2, 0.25) is 0 Å². The van der Waals surface area contributed by atoms with Gasteiger partial charge in [-0.25, -0.2) is 4.79 Å². The van der Waals surface area contributed by atoms with E-state index in [1.807, 2.05) is 32.0 Å². The van der Waals surface area contributed by atoms with Gasteiger partial charge in [-0.05, 0) is 72.4 Å². The van der Waals surface area contributed by atoms with Crippen LogP contribution in [-0.2, 0) is 9.48 Å². The summed E-state index contributed by atoms with van der Waals surface area (Å²) in [6.07, 6.45) is 1.14. The molecule has 1 aliphatic rings. The normalized spacial score (nSPS) is 20.7. The largest absolute Gasteiger partial charge is 0.433 e. The zero-order chi connectivity index (χ0) is 24.9. The molecule has 4 nitrogen and oxygen atoms in total. The minimum Gasteiger partial charge on any atom is -0.433 e. The van der Waals surface area contributed by atoms with E-state index in [0.717, 1.165) is 23.1 Å². The molecule has 6 heteroatoms. The standard InChI is InChI=1S/C29H32INO3S/c1-28(2,30)34-27(33)31-24-18-19-25(32)26(20-24)35-29(21-12-6-3-7-13-21,22-14-8-4-9-15-22)23-16-10-5-11-17-23/h3-17,24-26,32H,18-20H2,1-2H3,(H,31,33)/t24-,25+,26+/m1/s1. The van der Waals surface area contributed by atoms with E-state index in [1.165, 1.54) is 0 Å². The van der Waals surface area contributed by atoms with E-state index in [9.17, 15) is 9.90 Å². The maximum Gasteiger partial charge on any atom is 0.408 e. The van der Waals surface area contributed by atoms with Gasteiger partial charge in [0.15, 0.2) is 3.61 Å². The smallest absolute Gasteiger partial charge is 0.408 e. The molecule has 0 unspecified atom stereocenters. The number of hydrogen-bond acceptors (Lipinski definition) is 4. The van der Waals surface area contributed by atoms with Crippen molar-refractivity contribution in [1.29, 1.82) is 0 Å². The van der Waals surface area contributed by atoms with Crippen LogP contribution in [0.25, 0.3) is 0 Å². The molecule has 0 aromatic heterocycles. The topological polar surface area (TPSA) is 58.6 Å². The number of aliphatic hydroxyl groups is 1. The number of amides is 1. The van der Waals surface area contributed by atoms with Gasteiger partial charge in [0.2, 0.25) is 0 Å². The van der Waals surface area contributed by atoms with E-state index in [-0.39, 0.29) is 11.3 Å². The summed E-state index contributed by atoms with van der Waals surface area (Å²) in [6, 6.07) is 31.4. The highest BCUT2D eigenvalue weighted by Gasteiger charge is 2.43. The average molecular weight is 602 g/mol. The molecule has 3 atom stereocenters. The molecular weight excluding hydrogens is 569 g/mol. The summed E-state index contributed by atoms with van der Waals surface area (Å²) in [7, 11) is 0. The molecule has 0 bridgehead atoms. The van der Waals surface area contributed by atoms with Gasteiger partial charge >= 0.3 is 6.09 Å². The predicted octanol–water partition coefficient (Wildman–Crippen LogP) is 6.89. The van der Waals surface area contributed by atoms with Gasteiger partial charge in [0.1, 0.15) is 0 Å². The first-order chi connectivity index (χ1) is 16.8. The van der Waals surface area contributed by atoms with Crippen LogP contribution in [0, 0.1) is 0 Å². The number of rotatable bonds is 7. The number of carbonyl (C=O) groups excluding carboxylic acids is 1. The minimum atomic E-state index is -0.576. The third kappa shape index (κ3) is 6.40. The molecule has 3 aromatic rings. The summed E-state index contributed by atoms with van der Waals surface area (Å²) in [5, 5.41) is 14.1. The Bertz CT molecular complexity index is 993. The second kappa shape index (κ2) is 11.4. The third-order valence-corrected chi connectivity index (χ3v) is 8.37. The Morgan fingerprint density at radius 2 is 1.34 bits per heavy atom. The lowest BCUT2D eigenvalue weighted by Gasteiger charge is -2.42. The van der Waals surface area contributed by atoms with Gasteiger partial charge in [-0.2, -0.15) is 0 Å². The van der Waals surface area contributed by atoms with Crippen molar-refractivity contribution in [3.63, 3.8) is 0 Å². The molecular formula is C29H32INO3S.